The molecule has 1 rings (SSSR count). The summed E-state index contributed by atoms with van der Waals surface area (Å²) >= 11 is 0. The van der Waals surface area contributed by atoms with Crippen LogP contribution in [0.4, 0.5) is 0 Å². The molecular formula is C49H96NO12P. The molecule has 14 heteroatoms. The van der Waals surface area contributed by atoms with Gasteiger partial charge in [-0.1, -0.05) is 199 Å². The number of unbranched alkanes of at least 4 members (excludes halogenated alkanes) is 28. The monoisotopic (exact) mass is 922 g/mol. The molecule has 374 valence electrons. The van der Waals surface area contributed by atoms with Gasteiger partial charge in [-0.05, 0) is 38.5 Å². The summed E-state index contributed by atoms with van der Waals surface area (Å²) in [6, 6.07) is -1.15. The maximum Gasteiger partial charge on any atom is 0.472 e. The van der Waals surface area contributed by atoms with Crippen LogP contribution in [0.3, 0.4) is 0 Å². The van der Waals surface area contributed by atoms with Crippen molar-refractivity contribution in [1.29, 1.82) is 0 Å². The highest BCUT2D eigenvalue weighted by Crippen LogP contribution is 2.47. The fourth-order valence-corrected chi connectivity index (χ4v) is 9.38. The van der Waals surface area contributed by atoms with Gasteiger partial charge in [-0.15, -0.1) is 0 Å². The van der Waals surface area contributed by atoms with E-state index in [1.54, 1.807) is 0 Å². The molecule has 1 fully saturated rings. The molecule has 0 radical (unpaired) electrons. The van der Waals surface area contributed by atoms with Crippen molar-refractivity contribution in [2.24, 2.45) is 0 Å². The van der Waals surface area contributed by atoms with Crippen LogP contribution in [0.2, 0.25) is 0 Å². The van der Waals surface area contributed by atoms with Gasteiger partial charge in [-0.2, -0.15) is 0 Å². The Morgan fingerprint density at radius 3 is 1.30 bits per heavy atom. The van der Waals surface area contributed by atoms with Crippen molar-refractivity contribution in [3.63, 3.8) is 0 Å². The average molecular weight is 922 g/mol. The first kappa shape index (κ1) is 60.1. The molecule has 9 N–H and O–H groups in total. The highest BCUT2D eigenvalue weighted by Gasteiger charge is 2.51. The Kier molecular flexibility index (Phi) is 37.3. The lowest BCUT2D eigenvalue weighted by atomic mass is 9.85. The highest BCUT2D eigenvalue weighted by atomic mass is 31.2. The summed E-state index contributed by atoms with van der Waals surface area (Å²) in [7, 11) is -5.12. The van der Waals surface area contributed by atoms with Crippen LogP contribution in [0.15, 0.2) is 12.2 Å². The smallest absolute Gasteiger partial charge is 0.393 e. The summed E-state index contributed by atoms with van der Waals surface area (Å²) < 4.78 is 23.0. The first-order chi connectivity index (χ1) is 30.3. The van der Waals surface area contributed by atoms with Crippen molar-refractivity contribution in [2.45, 2.75) is 287 Å². The molecule has 0 bridgehead atoms. The number of carbonyl (C=O) groups is 1. The first-order valence-electron chi connectivity index (χ1n) is 25.7. The molecule has 13 nitrogen and oxygen atoms in total. The first-order valence-corrected chi connectivity index (χ1v) is 27.2. The zero-order valence-electron chi connectivity index (χ0n) is 39.8. The SMILES string of the molecule is CCCCCCCCCC/C=C\CCCCCCCC(O)CC(=O)NC(COP(=O)(O)OC1C(O)C(O)C(O)C(O)C1O)C(O)CCCCCCCCCCCCCCCCCC. The topological polar surface area (TPSA) is 226 Å². The lowest BCUT2D eigenvalue weighted by molar-refractivity contribution is -0.220. The molecule has 0 aromatic heterocycles. The zero-order valence-corrected chi connectivity index (χ0v) is 40.7. The minimum Gasteiger partial charge on any atom is -0.393 e. The number of aliphatic hydroxyl groups excluding tert-OH is 7. The summed E-state index contributed by atoms with van der Waals surface area (Å²) in [6.07, 6.45) is 28.2. The third-order valence-corrected chi connectivity index (χ3v) is 13.6. The minimum absolute atomic E-state index is 0.224. The summed E-state index contributed by atoms with van der Waals surface area (Å²) in [5.41, 5.74) is 0. The van der Waals surface area contributed by atoms with Crippen LogP contribution < -0.4 is 5.32 Å². The van der Waals surface area contributed by atoms with Gasteiger partial charge in [0.15, 0.2) is 0 Å². The third kappa shape index (κ3) is 30.9. The van der Waals surface area contributed by atoms with Crippen molar-refractivity contribution in [2.75, 3.05) is 6.61 Å². The Morgan fingerprint density at radius 1 is 0.540 bits per heavy atom. The molecule has 0 aromatic carbocycles. The quantitative estimate of drug-likeness (QED) is 0.0158. The number of hydrogen-bond acceptors (Lipinski definition) is 11. The number of phosphoric acid groups is 1. The molecule has 0 spiro atoms. The second kappa shape index (κ2) is 39.1. The van der Waals surface area contributed by atoms with E-state index in [1.807, 2.05) is 0 Å². The maximum atomic E-state index is 13.1. The Hall–Kier alpha value is -0.960. The van der Waals surface area contributed by atoms with Gasteiger partial charge < -0.3 is 46.0 Å². The largest absolute Gasteiger partial charge is 0.472 e. The molecule has 0 aromatic rings. The van der Waals surface area contributed by atoms with Gasteiger partial charge in [0.1, 0.15) is 36.6 Å². The molecular weight excluding hydrogens is 826 g/mol. The fourth-order valence-electron chi connectivity index (χ4n) is 8.42. The van der Waals surface area contributed by atoms with Crippen LogP contribution in [0.1, 0.15) is 232 Å². The number of hydrogen-bond donors (Lipinski definition) is 9. The van der Waals surface area contributed by atoms with Crippen molar-refractivity contribution < 1.29 is 59.0 Å². The third-order valence-electron chi connectivity index (χ3n) is 12.6. The standard InChI is InChI=1S/C49H96NO12P/c1-3-5-7-9-11-13-15-17-19-21-22-24-26-28-30-32-34-36-40(51)38-43(53)50-41(39-61-63(59,60)62-49-47(57)45(55)44(54)46(56)48(49)58)42(52)37-35-33-31-29-27-25-23-20-18-16-14-12-10-8-6-4-2/h21-22,40-42,44-49,51-52,54-58H,3-20,23-39H2,1-2H3,(H,50,53)(H,59,60)/b22-21-. The fraction of sp³-hybridized carbons (Fsp3) is 0.939. The predicted molar refractivity (Wildman–Crippen MR) is 252 cm³/mol. The molecule has 1 aliphatic carbocycles. The molecule has 1 saturated carbocycles. The van der Waals surface area contributed by atoms with E-state index < -0.39 is 75.2 Å². The van der Waals surface area contributed by atoms with Gasteiger partial charge in [-0.25, -0.2) is 4.57 Å². The van der Waals surface area contributed by atoms with Crippen LogP contribution in [-0.4, -0.2) is 108 Å². The molecule has 8 atom stereocenters. The van der Waals surface area contributed by atoms with Crippen molar-refractivity contribution in [3.8, 4) is 0 Å². The number of nitrogens with one attached hydrogen (secondary N) is 1. The van der Waals surface area contributed by atoms with Crippen LogP contribution in [-0.2, 0) is 18.4 Å². The molecule has 0 heterocycles. The van der Waals surface area contributed by atoms with E-state index in [2.05, 4.69) is 31.3 Å². The summed E-state index contributed by atoms with van der Waals surface area (Å²) in [6.45, 7) is 3.81. The molecule has 8 unspecified atom stereocenters. The number of phosphoric ester groups is 1. The Labute approximate surface area is 382 Å². The minimum atomic E-state index is -5.12. The number of aliphatic hydroxyl groups is 7. The average Bonchev–Trinajstić information content (AvgIpc) is 3.26. The molecule has 63 heavy (non-hydrogen) atoms. The van der Waals surface area contributed by atoms with E-state index in [0.717, 1.165) is 70.6 Å². The molecule has 1 aliphatic rings. The second-order valence-corrected chi connectivity index (χ2v) is 20.0. The molecule has 0 aliphatic heterocycles. The second-order valence-electron chi connectivity index (χ2n) is 18.6. The van der Waals surface area contributed by atoms with Crippen molar-refractivity contribution in [3.05, 3.63) is 12.2 Å². The van der Waals surface area contributed by atoms with E-state index >= 15 is 0 Å². The molecule has 0 saturated heterocycles. The summed E-state index contributed by atoms with van der Waals surface area (Å²) in [5.74, 6) is -0.562. The number of allylic oxidation sites excluding steroid dienone is 2. The van der Waals surface area contributed by atoms with Gasteiger partial charge >= 0.3 is 7.82 Å². The summed E-state index contributed by atoms with van der Waals surface area (Å²) in [5, 5.41) is 74.8. The Bertz CT molecular complexity index is 1130. The Morgan fingerprint density at radius 2 is 0.889 bits per heavy atom. The lowest BCUT2D eigenvalue weighted by Crippen LogP contribution is -2.64. The van der Waals surface area contributed by atoms with E-state index in [-0.39, 0.29) is 12.8 Å². The normalized spacial score (nSPS) is 22.9. The van der Waals surface area contributed by atoms with E-state index in [1.165, 1.54) is 122 Å². The van der Waals surface area contributed by atoms with Gasteiger partial charge in [0, 0.05) is 0 Å². The van der Waals surface area contributed by atoms with E-state index in [4.69, 9.17) is 9.05 Å². The van der Waals surface area contributed by atoms with Crippen LogP contribution in [0.25, 0.3) is 0 Å². The van der Waals surface area contributed by atoms with Crippen LogP contribution >= 0.6 is 7.82 Å². The van der Waals surface area contributed by atoms with Gasteiger partial charge in [-0.3, -0.25) is 13.8 Å². The van der Waals surface area contributed by atoms with Crippen LogP contribution in [0, 0.1) is 0 Å². The van der Waals surface area contributed by atoms with Gasteiger partial charge in [0.25, 0.3) is 0 Å². The number of rotatable bonds is 43. The Balaban J connectivity index is 2.47. The molecule has 1 amide bonds. The van der Waals surface area contributed by atoms with Crippen molar-refractivity contribution in [1.82, 2.24) is 5.32 Å². The van der Waals surface area contributed by atoms with Crippen molar-refractivity contribution >= 4 is 13.7 Å². The number of carbonyl (C=O) groups excluding carboxylic acids is 1. The van der Waals surface area contributed by atoms with Gasteiger partial charge in [0.2, 0.25) is 5.91 Å². The van der Waals surface area contributed by atoms with E-state index in [0.29, 0.717) is 12.8 Å². The lowest BCUT2D eigenvalue weighted by Gasteiger charge is -2.41. The van der Waals surface area contributed by atoms with E-state index in [9.17, 15) is 50.0 Å². The van der Waals surface area contributed by atoms with Gasteiger partial charge in [0.05, 0.1) is 31.3 Å². The predicted octanol–water partition coefficient (Wildman–Crippen LogP) is 9.37. The highest BCUT2D eigenvalue weighted by molar-refractivity contribution is 7.47. The maximum absolute atomic E-state index is 13.1. The number of amides is 1. The summed E-state index contributed by atoms with van der Waals surface area (Å²) in [4.78, 5) is 23.5. The van der Waals surface area contributed by atoms with Crippen LogP contribution in [0.5, 0.6) is 0 Å². The zero-order chi connectivity index (χ0) is 46.6.